The van der Waals surface area contributed by atoms with E-state index in [-0.39, 0.29) is 59.4 Å². The van der Waals surface area contributed by atoms with E-state index < -0.39 is 28.8 Å². The summed E-state index contributed by atoms with van der Waals surface area (Å²) >= 11 is 0. The molecule has 0 fully saturated rings. The fourth-order valence-corrected chi connectivity index (χ4v) is 1.69. The van der Waals surface area contributed by atoms with Crippen LogP contribution in [0, 0.1) is 0 Å². The molecule has 5 nitrogen and oxygen atoms in total. The smallest absolute Gasteiger partial charge is 0.871 e. The molecule has 88 valence electrons. The van der Waals surface area contributed by atoms with Crippen LogP contribution in [0.15, 0.2) is 30.3 Å². The molecule has 19 heavy (non-hydrogen) atoms. The van der Waals surface area contributed by atoms with Crippen molar-refractivity contribution < 1.29 is 54.5 Å². The summed E-state index contributed by atoms with van der Waals surface area (Å²) < 4.78 is 0. The van der Waals surface area contributed by atoms with E-state index in [2.05, 4.69) is 0 Å². The summed E-state index contributed by atoms with van der Waals surface area (Å²) in [7, 11) is 0. The summed E-state index contributed by atoms with van der Waals surface area (Å²) in [5.74, 6) is -4.16. The van der Waals surface area contributed by atoms with Crippen molar-refractivity contribution in [3.05, 3.63) is 41.5 Å². The van der Waals surface area contributed by atoms with Gasteiger partial charge in [-0.15, -0.1) is 0 Å². The number of hydrogen-bond donors (Lipinski definition) is 1. The zero-order chi connectivity index (χ0) is 12.6. The second-order valence-electron chi connectivity index (χ2n) is 3.44. The fourth-order valence-electron chi connectivity index (χ4n) is 1.69. The first-order chi connectivity index (χ1) is 8.02. The van der Waals surface area contributed by atoms with Crippen molar-refractivity contribution in [2.24, 2.45) is 0 Å². The summed E-state index contributed by atoms with van der Waals surface area (Å²) in [5, 5.41) is 32.0. The van der Waals surface area contributed by atoms with Crippen molar-refractivity contribution >= 4 is 47.1 Å². The van der Waals surface area contributed by atoms with Crippen LogP contribution >= 0.6 is 0 Å². The van der Waals surface area contributed by atoms with Gasteiger partial charge in [-0.05, 0) is 22.4 Å². The van der Waals surface area contributed by atoms with E-state index in [9.17, 15) is 19.8 Å². The zero-order valence-corrected chi connectivity index (χ0v) is 14.5. The van der Waals surface area contributed by atoms with Gasteiger partial charge in [0.1, 0.15) is 0 Å². The molecule has 0 amide bonds. The number of hydrogen-bond acceptors (Lipinski definition) is 4. The van der Waals surface area contributed by atoms with Crippen molar-refractivity contribution in [3.8, 4) is 5.75 Å². The van der Waals surface area contributed by atoms with Crippen molar-refractivity contribution in [3.63, 3.8) is 0 Å². The van der Waals surface area contributed by atoms with Gasteiger partial charge in [-0.2, -0.15) is 0 Å². The third-order valence-electron chi connectivity index (χ3n) is 2.44. The maximum Gasteiger partial charge on any atom is 3.00 e. The maximum atomic E-state index is 11.7. The first-order valence-corrected chi connectivity index (χ1v) is 4.69. The first-order valence-electron chi connectivity index (χ1n) is 4.69. The van der Waals surface area contributed by atoms with Gasteiger partial charge in [-0.3, -0.25) is 0 Å². The van der Waals surface area contributed by atoms with Gasteiger partial charge in [-0.1, -0.05) is 30.0 Å². The maximum absolute atomic E-state index is 11.7. The van der Waals surface area contributed by atoms with Crippen LogP contribution in [-0.2, 0) is 0 Å². The molecular formula is C12H6NaO5Sb+2. The predicted molar refractivity (Wildman–Crippen MR) is 60.4 cm³/mol. The number of carboxylic acid groups (broad SMARTS) is 2. The molecule has 0 aromatic heterocycles. The van der Waals surface area contributed by atoms with E-state index in [0.29, 0.717) is 5.39 Å². The van der Waals surface area contributed by atoms with Crippen LogP contribution in [0.1, 0.15) is 20.7 Å². The number of fused-ring (bicyclic) bond motifs is 1. The zero-order valence-electron chi connectivity index (χ0n) is 9.91. The van der Waals surface area contributed by atoms with Crippen molar-refractivity contribution in [1.82, 2.24) is 0 Å². The van der Waals surface area contributed by atoms with Gasteiger partial charge < -0.3 is 20.1 Å². The largest absolute Gasteiger partial charge is 3.00 e. The molecule has 0 spiro atoms. The van der Waals surface area contributed by atoms with Crippen LogP contribution in [0.3, 0.4) is 0 Å². The minimum absolute atomic E-state index is 0. The molecule has 0 bridgehead atoms. The normalized spacial score (nSPS) is 9.26. The van der Waals surface area contributed by atoms with Crippen LogP contribution < -0.4 is 39.8 Å². The van der Waals surface area contributed by atoms with Gasteiger partial charge in [0.2, 0.25) is 0 Å². The Labute approximate surface area is 148 Å². The van der Waals surface area contributed by atoms with E-state index in [4.69, 9.17) is 5.11 Å². The van der Waals surface area contributed by atoms with Crippen molar-refractivity contribution in [2.75, 3.05) is 0 Å². The SMILES string of the molecule is O=C([O-])c1cc2ccccc2c(C(=O)O)c1[O-].[Na+].[Sb+3]. The molecule has 2 radical (unpaired) electrons. The molecule has 0 atom stereocenters. The Hall–Kier alpha value is -0.742. The third kappa shape index (κ3) is 3.42. The molecule has 0 saturated heterocycles. The third-order valence-corrected chi connectivity index (χ3v) is 2.44. The number of carbonyl (C=O) groups excluding carboxylic acids is 1. The van der Waals surface area contributed by atoms with Gasteiger partial charge in [0.25, 0.3) is 0 Å². The second-order valence-corrected chi connectivity index (χ2v) is 3.44. The quantitative estimate of drug-likeness (QED) is 0.552. The number of carbonyl (C=O) groups is 2. The van der Waals surface area contributed by atoms with Gasteiger partial charge in [0.15, 0.2) is 0 Å². The molecule has 1 N–H and O–H groups in total. The summed E-state index contributed by atoms with van der Waals surface area (Å²) in [6, 6.07) is 7.32. The average molecular weight is 375 g/mol. The fraction of sp³-hybridized carbons (Fsp3) is 0. The molecule has 0 aliphatic heterocycles. The molecular weight excluding hydrogens is 369 g/mol. The molecule has 0 saturated carbocycles. The first kappa shape index (κ1) is 18.3. The number of benzene rings is 2. The topological polar surface area (TPSA) is 100 Å². The van der Waals surface area contributed by atoms with Crippen LogP contribution in [0.4, 0.5) is 0 Å². The minimum Gasteiger partial charge on any atom is -0.871 e. The van der Waals surface area contributed by atoms with Crippen LogP contribution in [0.2, 0.25) is 0 Å². The van der Waals surface area contributed by atoms with E-state index in [1.807, 2.05) is 0 Å². The van der Waals surface area contributed by atoms with E-state index >= 15 is 0 Å². The molecule has 0 heterocycles. The Morgan fingerprint density at radius 1 is 1.16 bits per heavy atom. The van der Waals surface area contributed by atoms with Gasteiger partial charge in [-0.25, -0.2) is 4.79 Å². The molecule has 0 unspecified atom stereocenters. The molecule has 2 rings (SSSR count). The van der Waals surface area contributed by atoms with Gasteiger partial charge in [0.05, 0.1) is 11.5 Å². The Balaban J connectivity index is 0.00000162. The Bertz CT molecular complexity index is 641. The number of carboxylic acids is 2. The van der Waals surface area contributed by atoms with E-state index in [1.54, 1.807) is 12.1 Å². The van der Waals surface area contributed by atoms with Crippen molar-refractivity contribution in [1.29, 1.82) is 0 Å². The molecule has 2 aromatic rings. The monoisotopic (exact) mass is 374 g/mol. The molecule has 7 heteroatoms. The van der Waals surface area contributed by atoms with Crippen molar-refractivity contribution in [2.45, 2.75) is 0 Å². The van der Waals surface area contributed by atoms with Crippen LogP contribution in [0.5, 0.6) is 5.75 Å². The summed E-state index contributed by atoms with van der Waals surface area (Å²) in [6.07, 6.45) is 0. The summed E-state index contributed by atoms with van der Waals surface area (Å²) in [6.45, 7) is 0. The number of aromatic carboxylic acids is 2. The Kier molecular flexibility index (Phi) is 6.87. The summed E-state index contributed by atoms with van der Waals surface area (Å²) in [5.41, 5.74) is -1.18. The van der Waals surface area contributed by atoms with Gasteiger partial charge >= 0.3 is 60.0 Å². The number of rotatable bonds is 2. The standard InChI is InChI=1S/C12H8O5.Na.Sb/c13-10-8(11(14)15)5-6-3-1-2-4-7(6)9(10)12(16)17;;/h1-5,13H,(H,14,15)(H,16,17);;/q;+1;+3/p-2. The average Bonchev–Trinajstić information content (AvgIpc) is 2.27. The Morgan fingerprint density at radius 2 is 1.74 bits per heavy atom. The van der Waals surface area contributed by atoms with Gasteiger partial charge in [0, 0.05) is 0 Å². The van der Waals surface area contributed by atoms with Crippen LogP contribution in [0.25, 0.3) is 10.8 Å². The minimum atomic E-state index is -1.68. The summed E-state index contributed by atoms with van der Waals surface area (Å²) in [4.78, 5) is 21.7. The molecule has 2 aromatic carbocycles. The predicted octanol–water partition coefficient (Wildman–Crippen LogP) is -3.40. The van der Waals surface area contributed by atoms with E-state index in [0.717, 1.165) is 6.07 Å². The molecule has 0 aliphatic rings. The van der Waals surface area contributed by atoms with E-state index in [1.165, 1.54) is 12.1 Å². The Morgan fingerprint density at radius 3 is 2.26 bits per heavy atom. The second kappa shape index (κ2) is 7.15. The molecule has 0 aliphatic carbocycles. The van der Waals surface area contributed by atoms with Crippen LogP contribution in [-0.4, -0.2) is 41.5 Å².